The summed E-state index contributed by atoms with van der Waals surface area (Å²) in [6.07, 6.45) is 58.2. The van der Waals surface area contributed by atoms with Crippen molar-refractivity contribution in [3.63, 3.8) is 0 Å². The van der Waals surface area contributed by atoms with Gasteiger partial charge >= 0.3 is 5.97 Å². The highest BCUT2D eigenvalue weighted by atomic mass is 16.7. The largest absolute Gasteiger partial charge is 0.454 e. The van der Waals surface area contributed by atoms with Crippen LogP contribution in [0.1, 0.15) is 271 Å². The van der Waals surface area contributed by atoms with Crippen molar-refractivity contribution in [2.24, 2.45) is 0 Å². The Bertz CT molecular complexity index is 1530. The Balaban J connectivity index is 2.62. The second-order valence-electron chi connectivity index (χ2n) is 21.9. The van der Waals surface area contributed by atoms with Crippen LogP contribution in [0.25, 0.3) is 0 Å². The zero-order valence-electron chi connectivity index (χ0n) is 49.3. The van der Waals surface area contributed by atoms with Crippen LogP contribution in [-0.2, 0) is 23.8 Å². The molecule has 0 saturated carbocycles. The number of hydrogen-bond donors (Lipinski definition) is 6. The first kappa shape index (κ1) is 72.1. The molecule has 0 spiro atoms. The van der Waals surface area contributed by atoms with Gasteiger partial charge in [0.25, 0.3) is 0 Å². The molecule has 11 nitrogen and oxygen atoms in total. The van der Waals surface area contributed by atoms with Gasteiger partial charge in [0, 0.05) is 6.42 Å². The number of amides is 1. The third-order valence-electron chi connectivity index (χ3n) is 14.8. The first-order chi connectivity index (χ1) is 37.7. The fourth-order valence-corrected chi connectivity index (χ4v) is 9.73. The van der Waals surface area contributed by atoms with Crippen LogP contribution in [0.3, 0.4) is 0 Å². The van der Waals surface area contributed by atoms with E-state index in [0.29, 0.717) is 12.8 Å². The predicted octanol–water partition coefficient (Wildman–Crippen LogP) is 15.2. The SMILES string of the molecule is CC/C=C/C=C/C=C\C=C/C=C/CCCCC(O)C(=O)NC(COC1OC(CO)C(O)C(O)C1OC(=O)CCCCCCCCCCCCCCCCCCCCCCCCC)C(O)/C=C/CCCCCCCCCCC. The van der Waals surface area contributed by atoms with Crippen molar-refractivity contribution in [2.45, 2.75) is 320 Å². The number of carbonyl (C=O) groups is 2. The summed E-state index contributed by atoms with van der Waals surface area (Å²) in [5.74, 6) is -1.23. The lowest BCUT2D eigenvalue weighted by molar-refractivity contribution is -0.305. The Morgan fingerprint density at radius 3 is 1.40 bits per heavy atom. The number of rotatable bonds is 53. The maximum Gasteiger partial charge on any atom is 0.306 e. The Hall–Kier alpha value is -2.90. The lowest BCUT2D eigenvalue weighted by Gasteiger charge is -2.41. The van der Waals surface area contributed by atoms with Crippen LogP contribution in [0.15, 0.2) is 72.9 Å². The molecule has 1 fully saturated rings. The highest BCUT2D eigenvalue weighted by Gasteiger charge is 2.47. The molecule has 0 aromatic heterocycles. The Morgan fingerprint density at radius 1 is 0.519 bits per heavy atom. The maximum absolute atomic E-state index is 13.4. The van der Waals surface area contributed by atoms with E-state index in [1.54, 1.807) is 6.08 Å². The molecule has 0 aliphatic carbocycles. The zero-order chi connectivity index (χ0) is 56.1. The van der Waals surface area contributed by atoms with Crippen LogP contribution >= 0.6 is 0 Å². The molecule has 77 heavy (non-hydrogen) atoms. The van der Waals surface area contributed by atoms with E-state index in [1.807, 2.05) is 60.8 Å². The molecular weight excluding hydrogens is 967 g/mol. The van der Waals surface area contributed by atoms with E-state index in [0.717, 1.165) is 64.2 Å². The van der Waals surface area contributed by atoms with Crippen molar-refractivity contribution < 1.29 is 49.3 Å². The summed E-state index contributed by atoms with van der Waals surface area (Å²) >= 11 is 0. The Labute approximate surface area is 471 Å². The normalized spacial score (nSPS) is 19.5. The van der Waals surface area contributed by atoms with Crippen molar-refractivity contribution >= 4 is 11.9 Å². The quantitative estimate of drug-likeness (QED) is 0.0149. The molecule has 446 valence electrons. The molecule has 0 radical (unpaired) electrons. The summed E-state index contributed by atoms with van der Waals surface area (Å²) in [4.78, 5) is 26.5. The summed E-state index contributed by atoms with van der Waals surface area (Å²) in [5, 5.41) is 56.9. The summed E-state index contributed by atoms with van der Waals surface area (Å²) < 4.78 is 17.6. The molecule has 0 bridgehead atoms. The van der Waals surface area contributed by atoms with Crippen LogP contribution in [0.4, 0.5) is 0 Å². The van der Waals surface area contributed by atoms with Crippen molar-refractivity contribution in [3.8, 4) is 0 Å². The molecule has 11 heteroatoms. The van der Waals surface area contributed by atoms with Gasteiger partial charge in [0.1, 0.15) is 24.4 Å². The minimum atomic E-state index is -1.62. The summed E-state index contributed by atoms with van der Waals surface area (Å²) in [6, 6.07) is -1.05. The predicted molar refractivity (Wildman–Crippen MR) is 319 cm³/mol. The zero-order valence-corrected chi connectivity index (χ0v) is 49.3. The number of ether oxygens (including phenoxy) is 3. The van der Waals surface area contributed by atoms with Crippen LogP contribution in [0.5, 0.6) is 0 Å². The van der Waals surface area contributed by atoms with Crippen molar-refractivity contribution in [2.75, 3.05) is 13.2 Å². The van der Waals surface area contributed by atoms with Crippen LogP contribution in [-0.4, -0.2) is 99.6 Å². The lowest BCUT2D eigenvalue weighted by atomic mass is 9.99. The van der Waals surface area contributed by atoms with Gasteiger partial charge in [-0.1, -0.05) is 293 Å². The van der Waals surface area contributed by atoms with E-state index >= 15 is 0 Å². The van der Waals surface area contributed by atoms with Crippen molar-refractivity contribution in [1.29, 1.82) is 0 Å². The molecule has 8 unspecified atom stereocenters. The van der Waals surface area contributed by atoms with Gasteiger partial charge in [-0.05, 0) is 44.9 Å². The molecule has 6 N–H and O–H groups in total. The number of allylic oxidation sites excluding steroid dienone is 11. The average molecular weight is 1080 g/mol. The van der Waals surface area contributed by atoms with Gasteiger partial charge in [0.05, 0.1) is 25.4 Å². The van der Waals surface area contributed by atoms with Gasteiger partial charge in [-0.3, -0.25) is 9.59 Å². The lowest BCUT2D eigenvalue weighted by Crippen LogP contribution is -2.61. The van der Waals surface area contributed by atoms with Gasteiger partial charge in [0.15, 0.2) is 12.4 Å². The highest BCUT2D eigenvalue weighted by Crippen LogP contribution is 2.26. The number of nitrogens with one attached hydrogen (secondary N) is 1. The van der Waals surface area contributed by atoms with E-state index in [9.17, 15) is 35.1 Å². The molecule has 0 aromatic carbocycles. The molecule has 1 aliphatic heterocycles. The molecule has 1 heterocycles. The summed E-state index contributed by atoms with van der Waals surface area (Å²) in [6.45, 7) is 5.62. The fourth-order valence-electron chi connectivity index (χ4n) is 9.73. The molecule has 1 aliphatic rings. The van der Waals surface area contributed by atoms with Gasteiger partial charge < -0.3 is 45.1 Å². The van der Waals surface area contributed by atoms with Gasteiger partial charge in [0.2, 0.25) is 5.91 Å². The van der Waals surface area contributed by atoms with Gasteiger partial charge in [-0.25, -0.2) is 0 Å². The van der Waals surface area contributed by atoms with E-state index in [4.69, 9.17) is 14.2 Å². The third-order valence-corrected chi connectivity index (χ3v) is 14.8. The van der Waals surface area contributed by atoms with Crippen LogP contribution in [0, 0.1) is 0 Å². The van der Waals surface area contributed by atoms with E-state index in [1.165, 1.54) is 161 Å². The second kappa shape index (κ2) is 53.7. The first-order valence-corrected chi connectivity index (χ1v) is 31.8. The van der Waals surface area contributed by atoms with E-state index < -0.39 is 67.4 Å². The van der Waals surface area contributed by atoms with Gasteiger partial charge in [-0.2, -0.15) is 0 Å². The molecule has 1 rings (SSSR count). The minimum absolute atomic E-state index is 0.119. The number of unbranched alkanes of at least 4 members (excludes halogenated alkanes) is 33. The number of aliphatic hydroxyl groups is 5. The fraction of sp³-hybridized carbons (Fsp3) is 0.788. The number of aliphatic hydroxyl groups excluding tert-OH is 5. The standard InChI is InChI=1S/C66H117NO10/c1-4-7-10-13-16-19-22-24-26-27-28-29-30-31-32-33-34-36-39-42-45-48-51-54-61(71)77-64-63(73)62(72)60(55-68)76-66(64)75-56-57(58(69)52-49-46-43-40-37-21-18-15-12-9-6-3)67-65(74)59(70)53-50-47-44-41-38-35-25-23-20-17-14-11-8-5-2/h8,11,14,17,20,23,25,35,38,41,49,52,57-60,62-64,66,68-70,72-73H,4-7,9-10,12-13,15-16,18-19,21-22,24,26-34,36-37,39-40,42-48,50-51,53-56H2,1-3H3,(H,67,74)/b11-8+,17-14+,23-20-,35-25-,41-38+,52-49+. The molecule has 8 atom stereocenters. The minimum Gasteiger partial charge on any atom is -0.454 e. The monoisotopic (exact) mass is 1080 g/mol. The molecule has 1 amide bonds. The first-order valence-electron chi connectivity index (χ1n) is 31.8. The van der Waals surface area contributed by atoms with E-state index in [2.05, 4.69) is 32.2 Å². The topological polar surface area (TPSA) is 175 Å². The molecule has 0 aromatic rings. The summed E-state index contributed by atoms with van der Waals surface area (Å²) in [5.41, 5.74) is 0. The number of carbonyl (C=O) groups excluding carboxylic acids is 2. The van der Waals surface area contributed by atoms with Crippen molar-refractivity contribution in [3.05, 3.63) is 72.9 Å². The third kappa shape index (κ3) is 41.7. The number of hydrogen-bond acceptors (Lipinski definition) is 10. The van der Waals surface area contributed by atoms with E-state index in [-0.39, 0.29) is 19.4 Å². The highest BCUT2D eigenvalue weighted by molar-refractivity contribution is 5.80. The van der Waals surface area contributed by atoms with Gasteiger partial charge in [-0.15, -0.1) is 0 Å². The Kier molecular flexibility index (Phi) is 50.3. The summed E-state index contributed by atoms with van der Waals surface area (Å²) in [7, 11) is 0. The molecule has 1 saturated heterocycles. The van der Waals surface area contributed by atoms with Crippen LogP contribution in [0.2, 0.25) is 0 Å². The Morgan fingerprint density at radius 2 is 0.935 bits per heavy atom. The smallest absolute Gasteiger partial charge is 0.306 e. The second-order valence-corrected chi connectivity index (χ2v) is 21.9. The van der Waals surface area contributed by atoms with Crippen molar-refractivity contribution in [1.82, 2.24) is 5.32 Å². The number of esters is 1. The average Bonchev–Trinajstić information content (AvgIpc) is 3.43. The van der Waals surface area contributed by atoms with Crippen LogP contribution < -0.4 is 5.32 Å². The maximum atomic E-state index is 13.4. The molecular formula is C66H117NO10.